The number of hydrogen-bond acceptors (Lipinski definition) is 3. The Morgan fingerprint density at radius 3 is 1.10 bits per heavy atom. The van der Waals surface area contributed by atoms with E-state index in [-0.39, 0.29) is 0 Å². The molecule has 2 nitrogen and oxygen atoms in total. The van der Waals surface area contributed by atoms with Crippen molar-refractivity contribution in [1.82, 2.24) is 0 Å². The van der Waals surface area contributed by atoms with E-state index in [0.717, 1.165) is 39.7 Å². The molecule has 12 aromatic rings. The molecule has 3 aliphatic carbocycles. The van der Waals surface area contributed by atoms with Crippen molar-refractivity contribution in [3.8, 4) is 44.9 Å². The molecule has 12 aromatic carbocycles. The Morgan fingerprint density at radius 2 is 0.590 bits per heavy atom. The molecule has 0 bridgehead atoms. The summed E-state index contributed by atoms with van der Waals surface area (Å²) in [6.07, 6.45) is 0. The van der Waals surface area contributed by atoms with Crippen LogP contribution < -0.4 is 9.64 Å². The van der Waals surface area contributed by atoms with Gasteiger partial charge >= 0.3 is 0 Å². The fourth-order valence-corrected chi connectivity index (χ4v) is 16.2. The lowest BCUT2D eigenvalue weighted by Crippen LogP contribution is -2.32. The lowest BCUT2D eigenvalue weighted by atomic mass is 9.66. The predicted molar refractivity (Wildman–Crippen MR) is 317 cm³/mol. The third-order valence-corrected chi connectivity index (χ3v) is 19.0. The van der Waals surface area contributed by atoms with Gasteiger partial charge in [0.05, 0.1) is 16.2 Å². The summed E-state index contributed by atoms with van der Waals surface area (Å²) in [5.74, 6) is 1.78. The van der Waals surface area contributed by atoms with Gasteiger partial charge in [0.25, 0.3) is 0 Å². The van der Waals surface area contributed by atoms with Gasteiger partial charge in [0.1, 0.15) is 11.5 Å². The van der Waals surface area contributed by atoms with E-state index in [4.69, 9.17) is 4.74 Å². The van der Waals surface area contributed by atoms with Crippen LogP contribution in [0.5, 0.6) is 11.5 Å². The first-order chi connectivity index (χ1) is 38.7. The summed E-state index contributed by atoms with van der Waals surface area (Å²) >= 11 is 1.89. The maximum absolute atomic E-state index is 6.75. The highest BCUT2D eigenvalue weighted by Crippen LogP contribution is 2.65. The average molecular weight is 1010 g/mol. The number of ether oxygens (including phenoxy) is 1. The van der Waals surface area contributed by atoms with E-state index in [1.165, 1.54) is 98.8 Å². The van der Waals surface area contributed by atoms with Crippen LogP contribution in [0.1, 0.15) is 66.8 Å². The van der Waals surface area contributed by atoms with Gasteiger partial charge in [-0.15, -0.1) is 0 Å². The zero-order valence-electron chi connectivity index (χ0n) is 42.4. The maximum Gasteiger partial charge on any atom is 0.132 e. The van der Waals surface area contributed by atoms with Crippen LogP contribution in [0.4, 0.5) is 17.1 Å². The van der Waals surface area contributed by atoms with Crippen molar-refractivity contribution in [3.63, 3.8) is 0 Å². The second-order valence-electron chi connectivity index (χ2n) is 21.3. The SMILES string of the molecule is c1ccc(C2(c3ccccc3)c3ccccc3-c3ccc(N(c4ccc5c(c4)-c4ccccc4C54c5ccccc5Oc5ccccc54)c4ccc5c(c4)-c4ccccc4C54c5ccccc5Sc5ccccc54)cc32)cc1. The highest BCUT2D eigenvalue weighted by molar-refractivity contribution is 7.99. The van der Waals surface area contributed by atoms with E-state index in [1.54, 1.807) is 0 Å². The third-order valence-electron chi connectivity index (χ3n) is 17.9. The molecule has 3 heteroatoms. The molecule has 0 radical (unpaired) electrons. The summed E-state index contributed by atoms with van der Waals surface area (Å²) in [5, 5.41) is 0. The van der Waals surface area contributed by atoms with Crippen LogP contribution in [0.2, 0.25) is 0 Å². The first-order valence-electron chi connectivity index (χ1n) is 27.1. The molecular weight excluding hydrogens is 963 g/mol. The van der Waals surface area contributed by atoms with Crippen LogP contribution in [0, 0.1) is 0 Å². The van der Waals surface area contributed by atoms with E-state index < -0.39 is 16.2 Å². The monoisotopic (exact) mass is 1010 g/mol. The summed E-state index contributed by atoms with van der Waals surface area (Å²) in [6, 6.07) is 107. The molecule has 364 valence electrons. The Balaban J connectivity index is 0.946. The van der Waals surface area contributed by atoms with Crippen molar-refractivity contribution in [2.75, 3.05) is 4.90 Å². The normalized spacial score (nSPS) is 15.0. The average Bonchev–Trinajstić information content (AvgIpc) is 4.08. The van der Waals surface area contributed by atoms with Gasteiger partial charge < -0.3 is 9.64 Å². The number of fused-ring (bicyclic) bond motifs is 21. The second kappa shape index (κ2) is 16.3. The molecule has 2 heterocycles. The number of para-hydroxylation sites is 2. The van der Waals surface area contributed by atoms with Crippen LogP contribution >= 0.6 is 11.8 Å². The van der Waals surface area contributed by atoms with Gasteiger partial charge in [-0.2, -0.15) is 0 Å². The minimum absolute atomic E-state index is 0.486. The lowest BCUT2D eigenvalue weighted by Gasteiger charge is -2.39. The Kier molecular flexibility index (Phi) is 9.15. The minimum atomic E-state index is -0.582. The Labute approximate surface area is 458 Å². The molecule has 2 spiro atoms. The van der Waals surface area contributed by atoms with Crippen LogP contribution in [0.3, 0.4) is 0 Å². The van der Waals surface area contributed by atoms with Crippen molar-refractivity contribution < 1.29 is 4.74 Å². The Bertz CT molecular complexity index is 4150. The van der Waals surface area contributed by atoms with E-state index in [9.17, 15) is 0 Å². The predicted octanol–water partition coefficient (Wildman–Crippen LogP) is 18.8. The topological polar surface area (TPSA) is 12.5 Å². The molecule has 0 N–H and O–H groups in total. The highest BCUT2D eigenvalue weighted by Gasteiger charge is 2.53. The fourth-order valence-electron chi connectivity index (χ4n) is 15.0. The number of rotatable bonds is 5. The molecule has 0 amide bonds. The van der Waals surface area contributed by atoms with Crippen molar-refractivity contribution in [2.45, 2.75) is 26.0 Å². The largest absolute Gasteiger partial charge is 0.457 e. The highest BCUT2D eigenvalue weighted by atomic mass is 32.2. The van der Waals surface area contributed by atoms with Crippen molar-refractivity contribution in [3.05, 3.63) is 352 Å². The molecule has 2 aliphatic heterocycles. The minimum Gasteiger partial charge on any atom is -0.457 e. The second-order valence-corrected chi connectivity index (χ2v) is 22.4. The number of anilines is 3. The molecule has 17 rings (SSSR count). The van der Waals surface area contributed by atoms with Crippen LogP contribution in [-0.2, 0) is 16.2 Å². The molecule has 5 aliphatic rings. The molecule has 0 unspecified atom stereocenters. The summed E-state index contributed by atoms with van der Waals surface area (Å²) in [7, 11) is 0. The standard InChI is InChI=1S/C75H47NOS/c1-3-21-48(22-4-1)73(49-23-5-2-6-24-49)59-28-10-7-25-53(59)56-42-39-52(47-68(56)73)76(50-40-43-62-57(45-50)54-26-8-11-29-60(54)74(62)64-31-13-17-35-69(64)77-70-36-18-14-32-65(70)74)51-41-44-63-58(46-51)55-27-9-12-30-61(55)75(63)66-33-15-19-37-71(66)78-72-38-20-16-34-67(72)75/h1-47H. The molecule has 0 atom stereocenters. The van der Waals surface area contributed by atoms with Gasteiger partial charge in [-0.25, -0.2) is 0 Å². The van der Waals surface area contributed by atoms with Gasteiger partial charge in [-0.1, -0.05) is 236 Å². The molecule has 0 fully saturated rings. The quantitative estimate of drug-likeness (QED) is 0.170. The molecule has 0 aromatic heterocycles. The zero-order valence-corrected chi connectivity index (χ0v) is 43.2. The summed E-state index contributed by atoms with van der Waals surface area (Å²) in [5.41, 5.74) is 24.3. The smallest absolute Gasteiger partial charge is 0.132 e. The molecule has 0 saturated carbocycles. The van der Waals surface area contributed by atoms with Crippen LogP contribution in [0.25, 0.3) is 33.4 Å². The molecule has 78 heavy (non-hydrogen) atoms. The fraction of sp³-hybridized carbons (Fsp3) is 0.0400. The number of benzene rings is 12. The van der Waals surface area contributed by atoms with Gasteiger partial charge in [0.15, 0.2) is 0 Å². The molecule has 0 saturated heterocycles. The van der Waals surface area contributed by atoms with E-state index >= 15 is 0 Å². The number of hydrogen-bond donors (Lipinski definition) is 0. The van der Waals surface area contributed by atoms with Crippen LogP contribution in [-0.4, -0.2) is 0 Å². The van der Waals surface area contributed by atoms with Crippen molar-refractivity contribution >= 4 is 28.8 Å². The van der Waals surface area contributed by atoms with Crippen molar-refractivity contribution in [1.29, 1.82) is 0 Å². The lowest BCUT2D eigenvalue weighted by molar-refractivity contribution is 0.436. The molecular formula is C75H47NOS. The van der Waals surface area contributed by atoms with Gasteiger partial charge in [-0.05, 0) is 150 Å². The van der Waals surface area contributed by atoms with E-state index in [2.05, 4.69) is 290 Å². The Morgan fingerprint density at radius 1 is 0.244 bits per heavy atom. The first-order valence-corrected chi connectivity index (χ1v) is 27.9. The first kappa shape index (κ1) is 43.8. The third kappa shape index (κ3) is 5.58. The summed E-state index contributed by atoms with van der Waals surface area (Å²) in [6.45, 7) is 0. The van der Waals surface area contributed by atoms with Crippen molar-refractivity contribution in [2.24, 2.45) is 0 Å². The maximum atomic E-state index is 6.75. The zero-order chi connectivity index (χ0) is 51.2. The van der Waals surface area contributed by atoms with Gasteiger partial charge in [0, 0.05) is 38.0 Å². The van der Waals surface area contributed by atoms with Gasteiger partial charge in [-0.3, -0.25) is 0 Å². The summed E-state index contributed by atoms with van der Waals surface area (Å²) < 4.78 is 6.75. The Hall–Kier alpha value is -9.41. The van der Waals surface area contributed by atoms with Crippen LogP contribution in [0.15, 0.2) is 295 Å². The summed E-state index contributed by atoms with van der Waals surface area (Å²) in [4.78, 5) is 5.14. The van der Waals surface area contributed by atoms with E-state index in [1.807, 2.05) is 11.8 Å². The van der Waals surface area contributed by atoms with Gasteiger partial charge in [0.2, 0.25) is 0 Å². The number of nitrogens with zero attached hydrogens (tertiary/aromatic N) is 1. The van der Waals surface area contributed by atoms with E-state index in [0.29, 0.717) is 0 Å².